The lowest BCUT2D eigenvalue weighted by atomic mass is 10.1. The molecule has 0 spiro atoms. The van der Waals surface area contributed by atoms with E-state index in [0.717, 1.165) is 24.2 Å². The number of urea groups is 1. The molecule has 5 rings (SSSR count). The number of amides is 4. The minimum atomic E-state index is -0.449. The van der Waals surface area contributed by atoms with Crippen LogP contribution in [0.5, 0.6) is 0 Å². The van der Waals surface area contributed by atoms with Crippen LogP contribution in [0.25, 0.3) is 0 Å². The molecule has 0 bridgehead atoms. The summed E-state index contributed by atoms with van der Waals surface area (Å²) in [7, 11) is 0. The molecule has 3 aliphatic heterocycles. The van der Waals surface area contributed by atoms with Gasteiger partial charge < -0.3 is 4.90 Å². The number of carbonyl (C=O) groups is 3. The molecule has 6 nitrogen and oxygen atoms in total. The average molecular weight is 453 g/mol. The molecule has 1 unspecified atom stereocenters. The Balaban J connectivity index is 1.45. The molecule has 1 fully saturated rings. The minimum Gasteiger partial charge on any atom is -0.312 e. The summed E-state index contributed by atoms with van der Waals surface area (Å²) in [5.74, 6) is -0.112. The van der Waals surface area contributed by atoms with Gasteiger partial charge in [0.2, 0.25) is 5.91 Å². The maximum absolute atomic E-state index is 13.4. The third-order valence-corrected chi connectivity index (χ3v) is 6.91. The molecule has 8 heteroatoms. The molecule has 3 aliphatic rings. The highest BCUT2D eigenvalue weighted by Gasteiger charge is 2.50. The Morgan fingerprint density at radius 3 is 2.39 bits per heavy atom. The van der Waals surface area contributed by atoms with E-state index in [4.69, 9.17) is 11.6 Å². The maximum Gasteiger partial charge on any atom is 0.506 e. The number of allylic oxidation sites excluding steroid dienone is 1. The number of rotatable bonds is 4. The van der Waals surface area contributed by atoms with Crippen molar-refractivity contribution in [3.05, 3.63) is 70.6 Å². The smallest absolute Gasteiger partial charge is 0.312 e. The fraction of sp³-hybridized carbons (Fsp3) is 0.217. The fourth-order valence-electron chi connectivity index (χ4n) is 4.08. The molecule has 0 aromatic heterocycles. The zero-order valence-electron chi connectivity index (χ0n) is 16.5. The Labute approximate surface area is 188 Å². The lowest BCUT2D eigenvalue weighted by Gasteiger charge is -2.24. The topological polar surface area (TPSA) is 60.7 Å². The molecule has 156 valence electrons. The summed E-state index contributed by atoms with van der Waals surface area (Å²) in [6.45, 7) is 1.07. The van der Waals surface area contributed by atoms with Gasteiger partial charge >= 0.3 is 11.9 Å². The van der Waals surface area contributed by atoms with Crippen molar-refractivity contribution in [3.63, 3.8) is 0 Å². The number of carbonyl (C=O) groups excluding carboxylic acids is 3. The molecule has 0 N–H and O–H groups in total. The summed E-state index contributed by atoms with van der Waals surface area (Å²) in [5.41, 5.74) is 2.99. The van der Waals surface area contributed by atoms with Crippen molar-refractivity contribution in [1.82, 2.24) is 0 Å². The Bertz CT molecular complexity index is 1140. The molecule has 1 atom stereocenters. The van der Waals surface area contributed by atoms with Crippen LogP contribution in [0, 0.1) is 0 Å². The fourth-order valence-corrected chi connectivity index (χ4v) is 5.14. The normalized spacial score (nSPS) is 20.8. The SMILES string of the molecule is O=C1CCCN1c1ccc(C[N+]2=C3C=CSC3C(=O)N(c3ccc(Cl)cc3)C2=O)cc1. The average Bonchev–Trinajstić information content (AvgIpc) is 3.42. The molecule has 0 saturated carbocycles. The Morgan fingerprint density at radius 1 is 1.00 bits per heavy atom. The number of hydrogen-bond acceptors (Lipinski definition) is 4. The summed E-state index contributed by atoms with van der Waals surface area (Å²) in [4.78, 5) is 41.4. The minimum absolute atomic E-state index is 0.141. The number of hydrogen-bond donors (Lipinski definition) is 0. The van der Waals surface area contributed by atoms with E-state index in [1.807, 2.05) is 35.7 Å². The van der Waals surface area contributed by atoms with Gasteiger partial charge in [-0.3, -0.25) is 4.79 Å². The van der Waals surface area contributed by atoms with Crippen molar-refractivity contribution in [2.75, 3.05) is 16.3 Å². The van der Waals surface area contributed by atoms with Gasteiger partial charge in [-0.05, 0) is 59.9 Å². The second-order valence-electron chi connectivity index (χ2n) is 7.58. The van der Waals surface area contributed by atoms with E-state index in [2.05, 4.69) is 0 Å². The zero-order chi connectivity index (χ0) is 21.5. The number of fused-ring (bicyclic) bond motifs is 1. The first-order valence-corrected chi connectivity index (χ1v) is 11.3. The van der Waals surface area contributed by atoms with Crippen LogP contribution < -0.4 is 9.80 Å². The highest BCUT2D eigenvalue weighted by atomic mass is 35.5. The molecule has 31 heavy (non-hydrogen) atoms. The molecule has 0 aliphatic carbocycles. The maximum atomic E-state index is 13.4. The van der Waals surface area contributed by atoms with E-state index in [9.17, 15) is 14.4 Å². The van der Waals surface area contributed by atoms with Crippen LogP contribution in [0.4, 0.5) is 16.2 Å². The standard InChI is InChI=1S/C23H19ClN3O3S/c24-16-5-9-18(10-6-16)27-22(29)21-19(11-13-31-21)26(23(27)30)14-15-3-7-17(8-4-15)25-12-1-2-20(25)28/h3-11,13,21H,1-2,12,14H2/q+1. The van der Waals surface area contributed by atoms with Gasteiger partial charge in [-0.25, -0.2) is 4.79 Å². The third-order valence-electron chi connectivity index (χ3n) is 5.65. The number of thioether (sulfide) groups is 1. The van der Waals surface area contributed by atoms with Gasteiger partial charge in [-0.1, -0.05) is 23.7 Å². The lowest BCUT2D eigenvalue weighted by molar-refractivity contribution is -0.444. The quantitative estimate of drug-likeness (QED) is 0.652. The summed E-state index contributed by atoms with van der Waals surface area (Å²) in [6, 6.07) is 14.0. The molecule has 2 aromatic rings. The van der Waals surface area contributed by atoms with Gasteiger partial charge in [0.25, 0.3) is 0 Å². The summed E-state index contributed by atoms with van der Waals surface area (Å²) in [6.07, 6.45) is 3.30. The zero-order valence-corrected chi connectivity index (χ0v) is 18.1. The van der Waals surface area contributed by atoms with Crippen molar-refractivity contribution in [3.8, 4) is 0 Å². The summed E-state index contributed by atoms with van der Waals surface area (Å²) >= 11 is 7.37. The molecule has 3 heterocycles. The number of benzene rings is 2. The molecular formula is C23H19ClN3O3S+. The van der Waals surface area contributed by atoms with Gasteiger partial charge in [0, 0.05) is 23.7 Å². The first kappa shape index (κ1) is 20.0. The monoisotopic (exact) mass is 452 g/mol. The van der Waals surface area contributed by atoms with Gasteiger partial charge in [-0.2, -0.15) is 9.37 Å². The highest BCUT2D eigenvalue weighted by Crippen LogP contribution is 2.32. The van der Waals surface area contributed by atoms with Crippen molar-refractivity contribution < 1.29 is 19.0 Å². The van der Waals surface area contributed by atoms with Crippen LogP contribution in [-0.4, -0.2) is 39.9 Å². The largest absolute Gasteiger partial charge is 0.506 e. The first-order chi connectivity index (χ1) is 15.0. The number of nitrogens with zero attached hydrogens (tertiary/aromatic N) is 3. The van der Waals surface area contributed by atoms with Crippen LogP contribution >= 0.6 is 23.4 Å². The van der Waals surface area contributed by atoms with Crippen LogP contribution in [-0.2, 0) is 16.1 Å². The van der Waals surface area contributed by atoms with Crippen LogP contribution in [0.15, 0.2) is 60.0 Å². The van der Waals surface area contributed by atoms with E-state index in [1.54, 1.807) is 33.7 Å². The lowest BCUT2D eigenvalue weighted by Crippen LogP contribution is -2.55. The Morgan fingerprint density at radius 2 is 1.71 bits per heavy atom. The van der Waals surface area contributed by atoms with E-state index in [0.29, 0.717) is 29.4 Å². The predicted molar refractivity (Wildman–Crippen MR) is 122 cm³/mol. The summed E-state index contributed by atoms with van der Waals surface area (Å²) in [5, 5.41) is 1.94. The number of halogens is 1. The van der Waals surface area contributed by atoms with Gasteiger partial charge in [0.1, 0.15) is 17.9 Å². The van der Waals surface area contributed by atoms with Gasteiger partial charge in [0.05, 0.1) is 0 Å². The Hall–Kier alpha value is -2.90. The third kappa shape index (κ3) is 3.58. The number of imide groups is 1. The molecule has 1 saturated heterocycles. The van der Waals surface area contributed by atoms with Gasteiger partial charge in [-0.15, -0.1) is 16.7 Å². The predicted octanol–water partition coefficient (Wildman–Crippen LogP) is 4.22. The van der Waals surface area contributed by atoms with Crippen molar-refractivity contribution in [2.24, 2.45) is 0 Å². The van der Waals surface area contributed by atoms with Gasteiger partial charge in [0.15, 0.2) is 5.25 Å². The second-order valence-corrected chi connectivity index (χ2v) is 9.03. The van der Waals surface area contributed by atoms with E-state index < -0.39 is 5.25 Å². The summed E-state index contributed by atoms with van der Waals surface area (Å²) < 4.78 is 1.65. The first-order valence-electron chi connectivity index (χ1n) is 10.0. The van der Waals surface area contributed by atoms with Crippen LogP contribution in [0.3, 0.4) is 0 Å². The van der Waals surface area contributed by atoms with Crippen LogP contribution in [0.1, 0.15) is 18.4 Å². The number of anilines is 2. The molecule has 4 amide bonds. The van der Waals surface area contributed by atoms with E-state index >= 15 is 0 Å². The van der Waals surface area contributed by atoms with Crippen molar-refractivity contribution in [1.29, 1.82) is 0 Å². The second kappa shape index (κ2) is 7.98. The molecule has 2 aromatic carbocycles. The van der Waals surface area contributed by atoms with Crippen molar-refractivity contribution in [2.45, 2.75) is 24.6 Å². The molecule has 0 radical (unpaired) electrons. The van der Waals surface area contributed by atoms with E-state index in [-0.39, 0.29) is 17.8 Å². The van der Waals surface area contributed by atoms with Crippen molar-refractivity contribution >= 4 is 58.3 Å². The van der Waals surface area contributed by atoms with Crippen LogP contribution in [0.2, 0.25) is 5.02 Å². The Kier molecular flexibility index (Phi) is 5.16. The highest BCUT2D eigenvalue weighted by molar-refractivity contribution is 8.04. The van der Waals surface area contributed by atoms with E-state index in [1.165, 1.54) is 16.7 Å². The molecular weight excluding hydrogens is 434 g/mol.